The van der Waals surface area contributed by atoms with E-state index < -0.39 is 5.72 Å². The highest BCUT2D eigenvalue weighted by Gasteiger charge is 2.54. The molecule has 2 heterocycles. The van der Waals surface area contributed by atoms with E-state index in [-0.39, 0.29) is 11.2 Å². The number of rotatable bonds is 5. The number of amides is 1. The molecule has 0 saturated carbocycles. The van der Waals surface area contributed by atoms with Gasteiger partial charge in [-0.25, -0.2) is 0 Å². The Kier molecular flexibility index (Phi) is 6.80. The van der Waals surface area contributed by atoms with Crippen molar-refractivity contribution in [3.8, 4) is 5.75 Å². The van der Waals surface area contributed by atoms with Crippen molar-refractivity contribution in [2.45, 2.75) is 22.3 Å². The Morgan fingerprint density at radius 2 is 1.33 bits per heavy atom. The molecule has 5 heteroatoms. The van der Waals surface area contributed by atoms with Crippen LogP contribution in [0.3, 0.4) is 0 Å². The highest BCUT2D eigenvalue weighted by molar-refractivity contribution is 7.99. The average Bonchev–Trinajstić information content (AvgIpc) is 3.21. The molecule has 206 valence electrons. The Morgan fingerprint density at radius 1 is 0.738 bits per heavy atom. The predicted octanol–water partition coefficient (Wildman–Crippen LogP) is 8.72. The van der Waals surface area contributed by atoms with Crippen LogP contribution in [0.4, 0.5) is 5.69 Å². The second-order valence-electron chi connectivity index (χ2n) is 10.4. The number of hydrogen-bond donors (Lipinski definition) is 0. The summed E-state index contributed by atoms with van der Waals surface area (Å²) in [5.41, 5.74) is 4.04. The van der Waals surface area contributed by atoms with Gasteiger partial charge >= 0.3 is 0 Å². The molecule has 0 aromatic heterocycles. The molecular weight excluding hydrogens is 538 g/mol. The van der Waals surface area contributed by atoms with Crippen molar-refractivity contribution < 1.29 is 14.3 Å². The molecule has 0 N–H and O–H groups in total. The first-order chi connectivity index (χ1) is 20.7. The number of benzene rings is 5. The van der Waals surface area contributed by atoms with Crippen LogP contribution in [0.2, 0.25) is 0 Å². The molecule has 2 atom stereocenters. The number of para-hydroxylation sites is 1. The molecule has 42 heavy (non-hydrogen) atoms. The van der Waals surface area contributed by atoms with Crippen molar-refractivity contribution in [3.63, 3.8) is 0 Å². The maximum atomic E-state index is 15.1. The maximum Gasteiger partial charge on any atom is 0.266 e. The Bertz CT molecular complexity index is 1750. The van der Waals surface area contributed by atoms with Crippen LogP contribution in [0.5, 0.6) is 5.75 Å². The molecule has 0 spiro atoms. The quantitative estimate of drug-likeness (QED) is 0.213. The summed E-state index contributed by atoms with van der Waals surface area (Å²) < 4.78 is 12.8. The summed E-state index contributed by atoms with van der Waals surface area (Å²) in [7, 11) is 1.68. The molecule has 0 radical (unpaired) electrons. The topological polar surface area (TPSA) is 38.8 Å². The number of anilines is 1. The number of methoxy groups -OCH3 is 1. The third-order valence-corrected chi connectivity index (χ3v) is 9.25. The highest BCUT2D eigenvalue weighted by atomic mass is 32.2. The second-order valence-corrected chi connectivity index (χ2v) is 11.6. The minimum absolute atomic E-state index is 0.00893. The summed E-state index contributed by atoms with van der Waals surface area (Å²) >= 11 is 1.77. The smallest absolute Gasteiger partial charge is 0.266 e. The lowest BCUT2D eigenvalue weighted by Crippen LogP contribution is -2.55. The first-order valence-corrected chi connectivity index (χ1v) is 14.9. The van der Waals surface area contributed by atoms with Gasteiger partial charge in [-0.15, -0.1) is 11.8 Å². The molecule has 2 aliphatic rings. The molecule has 0 aliphatic carbocycles. The Morgan fingerprint density at radius 3 is 2.00 bits per heavy atom. The molecule has 0 unspecified atom stereocenters. The molecule has 2 aliphatic heterocycles. The lowest BCUT2D eigenvalue weighted by molar-refractivity contribution is -0.120. The second kappa shape index (κ2) is 10.9. The molecule has 4 nitrogen and oxygen atoms in total. The molecule has 7 rings (SSSR count). The fourth-order valence-corrected chi connectivity index (χ4v) is 7.27. The molecule has 0 fully saturated rings. The fourth-order valence-electron chi connectivity index (χ4n) is 5.92. The van der Waals surface area contributed by atoms with E-state index in [1.807, 2.05) is 114 Å². The van der Waals surface area contributed by atoms with E-state index in [9.17, 15) is 0 Å². The van der Waals surface area contributed by atoms with Crippen molar-refractivity contribution in [3.05, 3.63) is 162 Å². The molecule has 0 bridgehead atoms. The summed E-state index contributed by atoms with van der Waals surface area (Å²) in [4.78, 5) is 18.1. The van der Waals surface area contributed by atoms with Crippen LogP contribution >= 0.6 is 11.8 Å². The summed E-state index contributed by atoms with van der Waals surface area (Å²) in [6.07, 6.45) is 0.535. The average molecular weight is 568 g/mol. The molecular formula is C37H29NO3S. The monoisotopic (exact) mass is 567 g/mol. The number of thioether (sulfide) groups is 1. The molecule has 5 aromatic rings. The number of nitrogens with zero attached hydrogens (tertiary/aromatic N) is 1. The van der Waals surface area contributed by atoms with E-state index in [0.29, 0.717) is 17.8 Å². The van der Waals surface area contributed by atoms with Crippen LogP contribution in [-0.4, -0.2) is 13.0 Å². The van der Waals surface area contributed by atoms with Gasteiger partial charge in [0.05, 0.1) is 18.4 Å². The number of carbonyl (C=O) groups is 1. The van der Waals surface area contributed by atoms with Gasteiger partial charge in [0.25, 0.3) is 5.91 Å². The van der Waals surface area contributed by atoms with E-state index in [2.05, 4.69) is 30.3 Å². The standard InChI is InChI=1S/C37H29NO3S/c1-40-30-23-21-26(22-24-30)33-25-37(29-17-9-4-10-18-29)38(31-19-11-12-20-32(31)42-33)36(39)34(27-13-5-2-6-14-27)35(41-37)28-15-7-3-8-16-28/h2-24,33H,25H2,1H3/t33-,37-/m0/s1. The van der Waals surface area contributed by atoms with Crippen LogP contribution in [0.1, 0.15) is 33.9 Å². The minimum Gasteiger partial charge on any atom is -0.497 e. The van der Waals surface area contributed by atoms with Gasteiger partial charge in [0, 0.05) is 27.7 Å². The van der Waals surface area contributed by atoms with Crippen molar-refractivity contribution in [1.82, 2.24) is 0 Å². The number of ether oxygens (including phenoxy) is 2. The van der Waals surface area contributed by atoms with Crippen LogP contribution in [0, 0.1) is 0 Å². The largest absolute Gasteiger partial charge is 0.497 e. The minimum atomic E-state index is -1.11. The van der Waals surface area contributed by atoms with Gasteiger partial charge in [-0.3, -0.25) is 9.69 Å². The fraction of sp³-hybridized carbons (Fsp3) is 0.108. The van der Waals surface area contributed by atoms with Crippen LogP contribution in [0.25, 0.3) is 11.3 Å². The molecule has 5 aromatic carbocycles. The van der Waals surface area contributed by atoms with E-state index in [1.54, 1.807) is 18.9 Å². The molecule has 0 saturated heterocycles. The lowest BCUT2D eigenvalue weighted by atomic mass is 9.87. The van der Waals surface area contributed by atoms with Crippen molar-refractivity contribution in [2.24, 2.45) is 0 Å². The maximum absolute atomic E-state index is 15.1. The third-order valence-electron chi connectivity index (χ3n) is 7.92. The van der Waals surface area contributed by atoms with E-state index >= 15 is 4.79 Å². The van der Waals surface area contributed by atoms with Gasteiger partial charge in [0.1, 0.15) is 11.5 Å². The zero-order valence-corrected chi connectivity index (χ0v) is 24.0. The summed E-state index contributed by atoms with van der Waals surface area (Å²) in [5, 5.41) is -0.00893. The zero-order chi connectivity index (χ0) is 28.5. The van der Waals surface area contributed by atoms with Crippen molar-refractivity contribution in [2.75, 3.05) is 12.0 Å². The van der Waals surface area contributed by atoms with Crippen LogP contribution < -0.4 is 9.64 Å². The van der Waals surface area contributed by atoms with E-state index in [4.69, 9.17) is 9.47 Å². The van der Waals surface area contributed by atoms with Gasteiger partial charge in [0.15, 0.2) is 0 Å². The SMILES string of the molecule is COc1ccc([C@@H]2C[C@@]3(c4ccccc4)OC(c4ccccc4)=C(c4ccccc4)C(=O)N3c3ccccc3S2)cc1. The van der Waals surface area contributed by atoms with E-state index in [0.717, 1.165) is 38.6 Å². The number of fused-ring (bicyclic) bond motifs is 3. The Hall–Kier alpha value is -4.74. The molecule has 1 amide bonds. The van der Waals surface area contributed by atoms with Gasteiger partial charge < -0.3 is 9.47 Å². The number of carbonyl (C=O) groups excluding carboxylic acids is 1. The first kappa shape index (κ1) is 26.2. The summed E-state index contributed by atoms with van der Waals surface area (Å²) in [5.74, 6) is 1.31. The van der Waals surface area contributed by atoms with Gasteiger partial charge in [-0.1, -0.05) is 115 Å². The lowest BCUT2D eigenvalue weighted by Gasteiger charge is -2.48. The zero-order valence-electron chi connectivity index (χ0n) is 23.1. The normalized spacial score (nSPS) is 19.8. The van der Waals surface area contributed by atoms with Gasteiger partial charge in [-0.2, -0.15) is 0 Å². The predicted molar refractivity (Wildman–Crippen MR) is 169 cm³/mol. The highest BCUT2D eigenvalue weighted by Crippen LogP contribution is 2.58. The van der Waals surface area contributed by atoms with Gasteiger partial charge in [0.2, 0.25) is 5.72 Å². The van der Waals surface area contributed by atoms with Crippen molar-refractivity contribution >= 4 is 34.7 Å². The van der Waals surface area contributed by atoms with E-state index in [1.165, 1.54) is 0 Å². The summed E-state index contributed by atoms with van der Waals surface area (Å²) in [6, 6.07) is 46.4. The van der Waals surface area contributed by atoms with Crippen molar-refractivity contribution in [1.29, 1.82) is 0 Å². The van der Waals surface area contributed by atoms with Crippen LogP contribution in [0.15, 0.2) is 144 Å². The van der Waals surface area contributed by atoms with Gasteiger partial charge in [-0.05, 0) is 35.4 Å². The third kappa shape index (κ3) is 4.47. The number of hydrogen-bond acceptors (Lipinski definition) is 4. The summed E-state index contributed by atoms with van der Waals surface area (Å²) in [6.45, 7) is 0. The first-order valence-electron chi connectivity index (χ1n) is 14.0. The Balaban J connectivity index is 1.52. The van der Waals surface area contributed by atoms with Crippen LogP contribution in [-0.2, 0) is 15.3 Å². The Labute approximate surface area is 250 Å².